The highest BCUT2D eigenvalue weighted by molar-refractivity contribution is 7.89. The van der Waals surface area contributed by atoms with Crippen LogP contribution in [-0.4, -0.2) is 29.7 Å². The normalized spacial score (nSPS) is 12.7. The Morgan fingerprint density at radius 1 is 0.857 bits per heavy atom. The molecule has 0 bridgehead atoms. The van der Waals surface area contributed by atoms with Crippen LogP contribution in [0.3, 0.4) is 0 Å². The molecule has 6 nitrogen and oxygen atoms in total. The summed E-state index contributed by atoms with van der Waals surface area (Å²) in [6.45, 7) is 7.54. The average molecular weight is 408 g/mol. The maximum Gasteiger partial charge on any atom is 0.241 e. The van der Waals surface area contributed by atoms with E-state index in [2.05, 4.69) is 4.72 Å². The van der Waals surface area contributed by atoms with Gasteiger partial charge in [0.25, 0.3) is 0 Å². The van der Waals surface area contributed by atoms with Gasteiger partial charge >= 0.3 is 0 Å². The fourth-order valence-electron chi connectivity index (χ4n) is 3.13. The molecule has 0 saturated carbocycles. The smallest absolute Gasteiger partial charge is 0.241 e. The monoisotopic (exact) mass is 407 g/mol. The summed E-state index contributed by atoms with van der Waals surface area (Å²) in [5, 5.41) is 0. The van der Waals surface area contributed by atoms with Gasteiger partial charge < -0.3 is 14.2 Å². The lowest BCUT2D eigenvalue weighted by Crippen LogP contribution is -2.28. The molecule has 2 rings (SSSR count). The van der Waals surface area contributed by atoms with E-state index >= 15 is 0 Å². The van der Waals surface area contributed by atoms with Crippen molar-refractivity contribution in [3.05, 3.63) is 47.0 Å². The van der Waals surface area contributed by atoms with Gasteiger partial charge in [0, 0.05) is 11.6 Å². The first kappa shape index (κ1) is 22.0. The number of hydrogen-bond donors (Lipinski definition) is 1. The van der Waals surface area contributed by atoms with E-state index in [1.807, 2.05) is 13.8 Å². The largest absolute Gasteiger partial charge is 0.497 e. The minimum Gasteiger partial charge on any atom is -0.497 e. The fraction of sp³-hybridized carbons (Fsp3) is 0.429. The van der Waals surface area contributed by atoms with Gasteiger partial charge in [-0.2, -0.15) is 0 Å². The second-order valence-electron chi connectivity index (χ2n) is 6.97. The van der Waals surface area contributed by atoms with Crippen LogP contribution in [0.2, 0.25) is 0 Å². The Morgan fingerprint density at radius 3 is 2.04 bits per heavy atom. The summed E-state index contributed by atoms with van der Waals surface area (Å²) in [4.78, 5) is 0.241. The van der Waals surface area contributed by atoms with Gasteiger partial charge in [0.15, 0.2) is 0 Å². The summed E-state index contributed by atoms with van der Waals surface area (Å²) in [5.41, 5.74) is 2.17. The molecule has 0 aliphatic rings. The molecule has 2 aromatic rings. The van der Waals surface area contributed by atoms with Crippen molar-refractivity contribution in [2.75, 3.05) is 21.3 Å². The zero-order chi connectivity index (χ0) is 21.1. The highest BCUT2D eigenvalue weighted by atomic mass is 32.2. The van der Waals surface area contributed by atoms with E-state index < -0.39 is 16.1 Å². The van der Waals surface area contributed by atoms with Crippen LogP contribution < -0.4 is 18.9 Å². The van der Waals surface area contributed by atoms with Gasteiger partial charge in [0.05, 0.1) is 26.2 Å². The molecule has 28 heavy (non-hydrogen) atoms. The Balaban J connectivity index is 2.45. The van der Waals surface area contributed by atoms with E-state index in [0.29, 0.717) is 28.4 Å². The lowest BCUT2D eigenvalue weighted by atomic mass is 10.0. The van der Waals surface area contributed by atoms with Crippen molar-refractivity contribution >= 4 is 10.0 Å². The van der Waals surface area contributed by atoms with Crippen LogP contribution in [0.15, 0.2) is 35.2 Å². The number of methoxy groups -OCH3 is 3. The highest BCUT2D eigenvalue weighted by Crippen LogP contribution is 2.33. The van der Waals surface area contributed by atoms with Crippen LogP contribution in [0.4, 0.5) is 0 Å². The number of ether oxygens (including phenoxy) is 3. The summed E-state index contributed by atoms with van der Waals surface area (Å²) in [7, 11) is 0.936. The Kier molecular flexibility index (Phi) is 6.96. The van der Waals surface area contributed by atoms with Crippen LogP contribution in [0.25, 0.3) is 0 Å². The second-order valence-corrected chi connectivity index (χ2v) is 8.65. The Morgan fingerprint density at radius 2 is 1.50 bits per heavy atom. The minimum atomic E-state index is -3.77. The molecule has 154 valence electrons. The van der Waals surface area contributed by atoms with Gasteiger partial charge in [-0.1, -0.05) is 13.8 Å². The predicted molar refractivity (Wildman–Crippen MR) is 110 cm³/mol. The van der Waals surface area contributed by atoms with Gasteiger partial charge in [-0.15, -0.1) is 0 Å². The third-order valence-corrected chi connectivity index (χ3v) is 6.36. The van der Waals surface area contributed by atoms with Crippen LogP contribution in [0, 0.1) is 6.92 Å². The molecule has 0 radical (unpaired) electrons. The fourth-order valence-corrected chi connectivity index (χ4v) is 4.62. The van der Waals surface area contributed by atoms with Crippen molar-refractivity contribution in [2.45, 2.75) is 44.6 Å². The zero-order valence-corrected chi connectivity index (χ0v) is 18.3. The maximum atomic E-state index is 13.1. The number of sulfonamides is 1. The summed E-state index contributed by atoms with van der Waals surface area (Å²) in [6.07, 6.45) is 0. The first-order valence-corrected chi connectivity index (χ1v) is 10.6. The number of nitrogens with one attached hydrogen (secondary N) is 1. The van der Waals surface area contributed by atoms with E-state index in [1.54, 1.807) is 65.5 Å². The minimum absolute atomic E-state index is 0.125. The molecule has 0 amide bonds. The molecule has 0 spiro atoms. The molecule has 0 heterocycles. The van der Waals surface area contributed by atoms with E-state index in [0.717, 1.165) is 5.56 Å². The molecule has 0 fully saturated rings. The molecule has 0 aromatic heterocycles. The molecular formula is C21H29NO5S. The summed E-state index contributed by atoms with van der Waals surface area (Å²) < 4.78 is 45.1. The number of hydrogen-bond acceptors (Lipinski definition) is 5. The van der Waals surface area contributed by atoms with Gasteiger partial charge in [0.2, 0.25) is 10.0 Å². The van der Waals surface area contributed by atoms with E-state index in [-0.39, 0.29) is 10.8 Å². The molecule has 0 unspecified atom stereocenters. The van der Waals surface area contributed by atoms with Crippen molar-refractivity contribution in [1.29, 1.82) is 0 Å². The summed E-state index contributed by atoms with van der Waals surface area (Å²) >= 11 is 0. The summed E-state index contributed by atoms with van der Waals surface area (Å²) in [6, 6.07) is 8.24. The Labute approximate surface area is 167 Å². The zero-order valence-electron chi connectivity index (χ0n) is 17.5. The summed E-state index contributed by atoms with van der Waals surface area (Å²) in [5.74, 6) is 2.03. The van der Waals surface area contributed by atoms with E-state index in [4.69, 9.17) is 14.2 Å². The third kappa shape index (κ3) is 4.59. The van der Waals surface area contributed by atoms with Crippen molar-refractivity contribution < 1.29 is 22.6 Å². The van der Waals surface area contributed by atoms with Crippen molar-refractivity contribution in [2.24, 2.45) is 0 Å². The quantitative estimate of drug-likeness (QED) is 0.710. The van der Waals surface area contributed by atoms with Gasteiger partial charge in [0.1, 0.15) is 17.2 Å². The average Bonchev–Trinajstić information content (AvgIpc) is 2.66. The van der Waals surface area contributed by atoms with Crippen LogP contribution in [-0.2, 0) is 10.0 Å². The SMILES string of the molecule is COc1ccc(OC)c([C@@H](C)NS(=O)(=O)c2cc(C(C)C)c(OC)cc2C)c1. The van der Waals surface area contributed by atoms with E-state index in [1.165, 1.54) is 0 Å². The highest BCUT2D eigenvalue weighted by Gasteiger charge is 2.24. The van der Waals surface area contributed by atoms with Gasteiger partial charge in [-0.3, -0.25) is 0 Å². The third-order valence-electron chi connectivity index (χ3n) is 4.67. The molecule has 1 N–H and O–H groups in total. The molecule has 2 aromatic carbocycles. The first-order valence-electron chi connectivity index (χ1n) is 9.07. The van der Waals surface area contributed by atoms with Crippen molar-refractivity contribution in [3.8, 4) is 17.2 Å². The van der Waals surface area contributed by atoms with Crippen LogP contribution in [0.1, 0.15) is 49.4 Å². The standard InChI is InChI=1S/C21H29NO5S/c1-13(2)17-12-21(14(3)10-20(17)27-7)28(23,24)22-15(4)18-11-16(25-5)8-9-19(18)26-6/h8-13,15,22H,1-7H3/t15-/m1/s1. The second kappa shape index (κ2) is 8.84. The van der Waals surface area contributed by atoms with Gasteiger partial charge in [-0.05, 0) is 61.2 Å². The number of benzene rings is 2. The van der Waals surface area contributed by atoms with Crippen molar-refractivity contribution in [1.82, 2.24) is 4.72 Å². The number of aryl methyl sites for hydroxylation is 1. The molecular weight excluding hydrogens is 378 g/mol. The molecule has 7 heteroatoms. The van der Waals surface area contributed by atoms with Crippen LogP contribution in [0.5, 0.6) is 17.2 Å². The lowest BCUT2D eigenvalue weighted by Gasteiger charge is -2.20. The number of rotatable bonds is 8. The molecule has 0 aliphatic carbocycles. The topological polar surface area (TPSA) is 73.9 Å². The van der Waals surface area contributed by atoms with Crippen molar-refractivity contribution in [3.63, 3.8) is 0 Å². The van der Waals surface area contributed by atoms with Gasteiger partial charge in [-0.25, -0.2) is 13.1 Å². The first-order chi connectivity index (χ1) is 13.1. The lowest BCUT2D eigenvalue weighted by molar-refractivity contribution is 0.395. The Hall–Kier alpha value is -2.25. The van der Waals surface area contributed by atoms with E-state index in [9.17, 15) is 8.42 Å². The molecule has 1 atom stereocenters. The molecule has 0 aliphatic heterocycles. The van der Waals surface area contributed by atoms with Crippen LogP contribution >= 0.6 is 0 Å². The molecule has 0 saturated heterocycles. The maximum absolute atomic E-state index is 13.1. The predicted octanol–water partition coefficient (Wildman–Crippen LogP) is 4.18. The Bertz CT molecular complexity index is 938.